The number of aliphatic hydroxyl groups is 1. The fourth-order valence-corrected chi connectivity index (χ4v) is 2.65. The second-order valence-electron chi connectivity index (χ2n) is 5.80. The van der Waals surface area contributed by atoms with E-state index in [1.807, 2.05) is 25.1 Å². The first-order chi connectivity index (χ1) is 10.6. The van der Waals surface area contributed by atoms with E-state index < -0.39 is 0 Å². The van der Waals surface area contributed by atoms with Crippen molar-refractivity contribution >= 4 is 11.0 Å². The van der Waals surface area contributed by atoms with Gasteiger partial charge in [-0.1, -0.05) is 25.5 Å². The van der Waals surface area contributed by atoms with Crippen LogP contribution in [0.5, 0.6) is 0 Å². The molecular formula is C18H25NO3. The molecule has 2 rings (SSSR count). The van der Waals surface area contributed by atoms with Crippen molar-refractivity contribution in [2.24, 2.45) is 0 Å². The molecule has 0 spiro atoms. The van der Waals surface area contributed by atoms with Gasteiger partial charge < -0.3 is 9.52 Å². The van der Waals surface area contributed by atoms with Crippen LogP contribution in [0, 0.1) is 6.92 Å². The largest absolute Gasteiger partial charge is 0.423 e. The lowest BCUT2D eigenvalue weighted by molar-refractivity contribution is 0.216. The molecule has 0 aliphatic carbocycles. The van der Waals surface area contributed by atoms with Gasteiger partial charge in [0, 0.05) is 31.1 Å². The maximum Gasteiger partial charge on any atom is 0.336 e. The minimum absolute atomic E-state index is 0.194. The van der Waals surface area contributed by atoms with Gasteiger partial charge in [0.15, 0.2) is 0 Å². The summed E-state index contributed by atoms with van der Waals surface area (Å²) in [4.78, 5) is 14.1. The minimum Gasteiger partial charge on any atom is -0.423 e. The van der Waals surface area contributed by atoms with Crippen LogP contribution in [0.1, 0.15) is 37.3 Å². The summed E-state index contributed by atoms with van der Waals surface area (Å²) >= 11 is 0. The summed E-state index contributed by atoms with van der Waals surface area (Å²) in [5, 5.41) is 10.1. The molecule has 0 radical (unpaired) electrons. The molecule has 2 aromatic rings. The van der Waals surface area contributed by atoms with Gasteiger partial charge in [-0.05, 0) is 43.5 Å². The topological polar surface area (TPSA) is 53.7 Å². The van der Waals surface area contributed by atoms with Crippen molar-refractivity contribution in [3.63, 3.8) is 0 Å². The van der Waals surface area contributed by atoms with Crippen LogP contribution in [0.4, 0.5) is 0 Å². The van der Waals surface area contributed by atoms with Gasteiger partial charge in [0.2, 0.25) is 0 Å². The monoisotopic (exact) mass is 303 g/mol. The molecule has 1 aromatic carbocycles. The first-order valence-electron chi connectivity index (χ1n) is 8.00. The highest BCUT2D eigenvalue weighted by Crippen LogP contribution is 2.20. The predicted octanol–water partition coefficient (Wildman–Crippen LogP) is 3.09. The Kier molecular flexibility index (Phi) is 6.16. The zero-order chi connectivity index (χ0) is 15.9. The molecule has 4 heteroatoms. The fraction of sp³-hybridized carbons (Fsp3) is 0.500. The van der Waals surface area contributed by atoms with Crippen LogP contribution in [-0.2, 0) is 6.54 Å². The third kappa shape index (κ3) is 4.42. The average Bonchev–Trinajstić information content (AvgIpc) is 2.49. The second kappa shape index (κ2) is 8.11. The quantitative estimate of drug-likeness (QED) is 0.761. The van der Waals surface area contributed by atoms with Gasteiger partial charge in [-0.25, -0.2) is 4.79 Å². The summed E-state index contributed by atoms with van der Waals surface area (Å²) < 4.78 is 5.31. The second-order valence-corrected chi connectivity index (χ2v) is 5.80. The van der Waals surface area contributed by atoms with E-state index in [2.05, 4.69) is 11.8 Å². The van der Waals surface area contributed by atoms with Crippen molar-refractivity contribution in [3.8, 4) is 0 Å². The van der Waals surface area contributed by atoms with Crippen LogP contribution in [0.15, 0.2) is 33.5 Å². The van der Waals surface area contributed by atoms with E-state index in [0.717, 1.165) is 48.9 Å². The van der Waals surface area contributed by atoms with Gasteiger partial charge >= 0.3 is 5.63 Å². The number of hydrogen-bond acceptors (Lipinski definition) is 4. The summed E-state index contributed by atoms with van der Waals surface area (Å²) in [6.07, 6.45) is 3.00. The molecule has 4 nitrogen and oxygen atoms in total. The Morgan fingerprint density at radius 3 is 2.68 bits per heavy atom. The number of hydrogen-bond donors (Lipinski definition) is 1. The first kappa shape index (κ1) is 16.7. The zero-order valence-corrected chi connectivity index (χ0v) is 13.5. The molecule has 0 fully saturated rings. The summed E-state index contributed by atoms with van der Waals surface area (Å²) in [5.41, 5.74) is 2.43. The number of nitrogens with zero attached hydrogens (tertiary/aromatic N) is 1. The molecule has 0 aliphatic rings. The average molecular weight is 303 g/mol. The zero-order valence-electron chi connectivity index (χ0n) is 13.5. The molecule has 1 aromatic heterocycles. The highest BCUT2D eigenvalue weighted by molar-refractivity contribution is 5.80. The third-order valence-corrected chi connectivity index (χ3v) is 3.84. The summed E-state index contributed by atoms with van der Waals surface area (Å²) in [5.74, 6) is 0. The molecule has 0 atom stereocenters. The molecule has 0 unspecified atom stereocenters. The SMILES string of the molecule is CCCCN(CCCO)Cc1cc(=O)oc2cc(C)ccc12. The molecule has 0 bridgehead atoms. The molecule has 0 aliphatic heterocycles. The molecule has 120 valence electrons. The van der Waals surface area contributed by atoms with Crippen molar-refractivity contribution in [2.45, 2.75) is 39.7 Å². The van der Waals surface area contributed by atoms with E-state index in [1.165, 1.54) is 0 Å². The number of benzene rings is 1. The van der Waals surface area contributed by atoms with Gasteiger partial charge in [0.1, 0.15) is 5.58 Å². The van der Waals surface area contributed by atoms with E-state index in [9.17, 15) is 4.79 Å². The van der Waals surface area contributed by atoms with Crippen LogP contribution >= 0.6 is 0 Å². The molecule has 0 saturated carbocycles. The molecule has 22 heavy (non-hydrogen) atoms. The van der Waals surface area contributed by atoms with Crippen molar-refractivity contribution in [3.05, 3.63) is 45.8 Å². The fourth-order valence-electron chi connectivity index (χ4n) is 2.65. The first-order valence-corrected chi connectivity index (χ1v) is 8.00. The summed E-state index contributed by atoms with van der Waals surface area (Å²) in [6, 6.07) is 7.56. The normalized spacial score (nSPS) is 11.5. The highest BCUT2D eigenvalue weighted by Gasteiger charge is 2.11. The van der Waals surface area contributed by atoms with Crippen LogP contribution in [-0.4, -0.2) is 29.7 Å². The molecule has 0 amide bonds. The van der Waals surface area contributed by atoms with Gasteiger partial charge in [0.05, 0.1) is 0 Å². The smallest absolute Gasteiger partial charge is 0.336 e. The Bertz CT molecular complexity index is 655. The third-order valence-electron chi connectivity index (χ3n) is 3.84. The van der Waals surface area contributed by atoms with E-state index in [4.69, 9.17) is 9.52 Å². The maximum atomic E-state index is 11.8. The van der Waals surface area contributed by atoms with E-state index in [-0.39, 0.29) is 12.2 Å². The lowest BCUT2D eigenvalue weighted by Crippen LogP contribution is -2.26. The number of aryl methyl sites for hydroxylation is 1. The molecule has 0 saturated heterocycles. The maximum absolute atomic E-state index is 11.8. The number of rotatable bonds is 8. The van der Waals surface area contributed by atoms with Crippen LogP contribution < -0.4 is 5.63 Å². The summed E-state index contributed by atoms with van der Waals surface area (Å²) in [6.45, 7) is 6.87. The number of aliphatic hydroxyl groups excluding tert-OH is 1. The van der Waals surface area contributed by atoms with E-state index in [1.54, 1.807) is 6.07 Å². The Hall–Kier alpha value is -1.65. The molecule has 1 N–H and O–H groups in total. The van der Waals surface area contributed by atoms with Crippen LogP contribution in [0.25, 0.3) is 11.0 Å². The van der Waals surface area contributed by atoms with Crippen molar-refractivity contribution in [1.29, 1.82) is 0 Å². The summed E-state index contributed by atoms with van der Waals surface area (Å²) in [7, 11) is 0. The Morgan fingerprint density at radius 2 is 1.95 bits per heavy atom. The molecular weight excluding hydrogens is 278 g/mol. The standard InChI is InChI=1S/C18H25NO3/c1-3-4-8-19(9-5-10-20)13-15-12-18(21)22-17-11-14(2)6-7-16(15)17/h6-7,11-12,20H,3-5,8-10,13H2,1-2H3. The van der Waals surface area contributed by atoms with Gasteiger partial charge in [0.25, 0.3) is 0 Å². The van der Waals surface area contributed by atoms with Crippen molar-refractivity contribution in [2.75, 3.05) is 19.7 Å². The van der Waals surface area contributed by atoms with Crippen molar-refractivity contribution < 1.29 is 9.52 Å². The van der Waals surface area contributed by atoms with Gasteiger partial charge in [-0.2, -0.15) is 0 Å². The van der Waals surface area contributed by atoms with E-state index in [0.29, 0.717) is 12.1 Å². The predicted molar refractivity (Wildman–Crippen MR) is 89.1 cm³/mol. The van der Waals surface area contributed by atoms with E-state index >= 15 is 0 Å². The minimum atomic E-state index is -0.300. The number of unbranched alkanes of at least 4 members (excludes halogenated alkanes) is 1. The lowest BCUT2D eigenvalue weighted by atomic mass is 10.1. The van der Waals surface area contributed by atoms with Crippen LogP contribution in [0.2, 0.25) is 0 Å². The van der Waals surface area contributed by atoms with Crippen LogP contribution in [0.3, 0.4) is 0 Å². The Labute approximate surface area is 131 Å². The number of fused-ring (bicyclic) bond motifs is 1. The highest BCUT2D eigenvalue weighted by atomic mass is 16.4. The van der Waals surface area contributed by atoms with Gasteiger partial charge in [-0.15, -0.1) is 0 Å². The Balaban J connectivity index is 2.29. The Morgan fingerprint density at radius 1 is 1.18 bits per heavy atom. The van der Waals surface area contributed by atoms with Gasteiger partial charge in [-0.3, -0.25) is 4.90 Å². The van der Waals surface area contributed by atoms with Crippen molar-refractivity contribution in [1.82, 2.24) is 4.90 Å². The lowest BCUT2D eigenvalue weighted by Gasteiger charge is -2.22. The molecule has 1 heterocycles.